The third kappa shape index (κ3) is 7.00. The minimum atomic E-state index is 0. The average Bonchev–Trinajstić information content (AvgIpc) is 3.93. The van der Waals surface area contributed by atoms with E-state index in [1.54, 1.807) is 0 Å². The van der Waals surface area contributed by atoms with Crippen LogP contribution in [0.25, 0.3) is 66.5 Å². The molecular weight excluding hydrogens is 781 g/mol. The van der Waals surface area contributed by atoms with E-state index >= 15 is 0 Å². The molecule has 6 nitrogen and oxygen atoms in total. The Morgan fingerprint density at radius 3 is 0.898 bits per heavy atom. The van der Waals surface area contributed by atoms with Crippen LogP contribution in [0, 0.1) is 39.8 Å². The Labute approximate surface area is 299 Å². The molecule has 3 aromatic heterocycles. The number of fused-ring (bicyclic) bond motifs is 3. The van der Waals surface area contributed by atoms with Gasteiger partial charge in [-0.25, -0.2) is 0 Å². The van der Waals surface area contributed by atoms with E-state index < -0.39 is 0 Å². The summed E-state index contributed by atoms with van der Waals surface area (Å²) in [6, 6.07) is 43.5. The van der Waals surface area contributed by atoms with Crippen LogP contribution in [0.2, 0.25) is 0 Å². The van der Waals surface area contributed by atoms with Gasteiger partial charge in [0, 0.05) is 0 Å². The smallest absolute Gasteiger partial charge is 0.460 e. The summed E-state index contributed by atoms with van der Waals surface area (Å²) >= 11 is 0. The largest absolute Gasteiger partial charge is 3.00 e. The van der Waals surface area contributed by atoms with E-state index in [4.69, 9.17) is 0 Å². The van der Waals surface area contributed by atoms with Gasteiger partial charge in [0.05, 0.1) is 0 Å². The van der Waals surface area contributed by atoms with Crippen LogP contribution in [0.4, 0.5) is 0 Å². The van der Waals surface area contributed by atoms with Gasteiger partial charge in [0.1, 0.15) is 0 Å². The van der Waals surface area contributed by atoms with Crippen LogP contribution in [-0.4, -0.2) is 29.9 Å². The molecule has 0 unspecified atom stereocenters. The fourth-order valence-electron chi connectivity index (χ4n) is 6.07. The molecule has 49 heavy (non-hydrogen) atoms. The Morgan fingerprint density at radius 1 is 0.367 bits per heavy atom. The molecule has 3 N–H and O–H groups in total. The maximum Gasteiger partial charge on any atom is 3.00 e. The second-order valence-corrected chi connectivity index (χ2v) is 11.5. The van der Waals surface area contributed by atoms with Crippen LogP contribution in [-0.2, 0) is 20.1 Å². The molecule has 0 atom stereocenters. The number of aromatic amines is 3. The summed E-state index contributed by atoms with van der Waals surface area (Å²) in [4.78, 5) is 21.6. The number of H-pyrrole nitrogens is 3. The summed E-state index contributed by atoms with van der Waals surface area (Å²) in [6.45, 7) is 6.32. The van der Waals surface area contributed by atoms with Crippen LogP contribution in [0.15, 0.2) is 127 Å². The molecule has 0 saturated carbocycles. The molecule has 0 fully saturated rings. The quantitative estimate of drug-likeness (QED) is 0.155. The van der Waals surface area contributed by atoms with Crippen molar-refractivity contribution in [3.8, 4) is 33.4 Å². The van der Waals surface area contributed by atoms with Crippen molar-refractivity contribution in [2.75, 3.05) is 0 Å². The Hall–Kier alpha value is -5.62. The molecule has 6 aromatic carbocycles. The van der Waals surface area contributed by atoms with Gasteiger partial charge in [-0.3, -0.25) is 0 Å². The molecule has 9 aromatic rings. The molecule has 0 amide bonds. The standard InChI is InChI=1S/3C14H11N2.Ir/c3*1-10-12(11-5-3-2-4-6-11)7-8-13-14(10)16-9-15-13;/h3*2-8H,1H3,(H,15,16);/q3*-1;+3. The maximum absolute atomic E-state index is 4.13. The number of aryl methyl sites for hydroxylation is 3. The van der Waals surface area contributed by atoms with Crippen molar-refractivity contribution in [3.63, 3.8) is 0 Å². The first-order chi connectivity index (χ1) is 23.6. The molecule has 0 spiro atoms. The average molecular weight is 814 g/mol. The number of hydrogen-bond donors (Lipinski definition) is 3. The van der Waals surface area contributed by atoms with Gasteiger partial charge in [0.15, 0.2) is 0 Å². The third-order valence-corrected chi connectivity index (χ3v) is 8.66. The molecule has 0 aliphatic carbocycles. The number of hydrogen-bond acceptors (Lipinski definition) is 3. The molecule has 0 radical (unpaired) electrons. The summed E-state index contributed by atoms with van der Waals surface area (Å²) in [6.07, 6.45) is 8.35. The van der Waals surface area contributed by atoms with Gasteiger partial charge >= 0.3 is 20.1 Å². The normalized spacial score (nSPS) is 10.6. The maximum atomic E-state index is 4.13. The number of imidazole rings is 3. The number of rotatable bonds is 3. The molecule has 0 aliphatic heterocycles. The second-order valence-electron chi connectivity index (χ2n) is 11.5. The van der Waals surface area contributed by atoms with Crippen LogP contribution in [0.3, 0.4) is 0 Å². The molecule has 0 aliphatic rings. The molecule has 240 valence electrons. The predicted octanol–water partition coefficient (Wildman–Crippen LogP) is 10.0. The zero-order valence-electron chi connectivity index (χ0n) is 27.3. The first-order valence-electron chi connectivity index (χ1n) is 15.8. The minimum absolute atomic E-state index is 0. The number of benzene rings is 6. The summed E-state index contributed by atoms with van der Waals surface area (Å²) in [5, 5.41) is 0. The van der Waals surface area contributed by atoms with Gasteiger partial charge in [0.2, 0.25) is 0 Å². The molecular formula is C42H33IrN6. The van der Waals surface area contributed by atoms with E-state index in [9.17, 15) is 0 Å². The third-order valence-electron chi connectivity index (χ3n) is 8.66. The molecule has 0 bridgehead atoms. The van der Waals surface area contributed by atoms with Crippen molar-refractivity contribution in [2.45, 2.75) is 20.8 Å². The molecule has 9 rings (SSSR count). The fraction of sp³-hybridized carbons (Fsp3) is 0.0714. The molecule has 0 saturated heterocycles. The molecule has 3 heterocycles. The second kappa shape index (κ2) is 15.1. The Morgan fingerprint density at radius 2 is 0.633 bits per heavy atom. The van der Waals surface area contributed by atoms with Crippen LogP contribution in [0.1, 0.15) is 16.7 Å². The number of nitrogens with one attached hydrogen (secondary N) is 3. The number of nitrogens with zero attached hydrogens (tertiary/aromatic N) is 3. The van der Waals surface area contributed by atoms with E-state index in [0.717, 1.165) is 33.1 Å². The predicted molar refractivity (Wildman–Crippen MR) is 195 cm³/mol. The summed E-state index contributed by atoms with van der Waals surface area (Å²) in [5.41, 5.74) is 17.2. The van der Waals surface area contributed by atoms with Crippen LogP contribution >= 0.6 is 0 Å². The monoisotopic (exact) mass is 814 g/mol. The van der Waals surface area contributed by atoms with E-state index in [0.29, 0.717) is 0 Å². The Kier molecular flexibility index (Phi) is 10.2. The Bertz CT molecular complexity index is 2150. The van der Waals surface area contributed by atoms with Crippen molar-refractivity contribution in [3.05, 3.63) is 163 Å². The van der Waals surface area contributed by atoms with Crippen molar-refractivity contribution in [2.24, 2.45) is 0 Å². The van der Waals surface area contributed by atoms with Crippen LogP contribution < -0.4 is 0 Å². The van der Waals surface area contributed by atoms with Gasteiger partial charge in [-0.1, -0.05) is 159 Å². The van der Waals surface area contributed by atoms with Gasteiger partial charge in [0.25, 0.3) is 0 Å². The summed E-state index contributed by atoms with van der Waals surface area (Å²) in [7, 11) is 0. The zero-order valence-corrected chi connectivity index (χ0v) is 29.7. The van der Waals surface area contributed by atoms with E-state index in [1.807, 2.05) is 36.4 Å². The fourth-order valence-corrected chi connectivity index (χ4v) is 6.07. The molecule has 7 heteroatoms. The van der Waals surface area contributed by atoms with Gasteiger partial charge in [-0.05, 0) is 73.1 Å². The first kappa shape index (κ1) is 33.3. The summed E-state index contributed by atoms with van der Waals surface area (Å²) < 4.78 is 0. The van der Waals surface area contributed by atoms with Crippen molar-refractivity contribution in [1.29, 1.82) is 0 Å². The van der Waals surface area contributed by atoms with E-state index in [2.05, 4.69) is 161 Å². The minimum Gasteiger partial charge on any atom is -0.460 e. The van der Waals surface area contributed by atoms with E-state index in [1.165, 1.54) is 50.1 Å². The topological polar surface area (TPSA) is 86.0 Å². The summed E-state index contributed by atoms with van der Waals surface area (Å²) in [5.74, 6) is 0. The van der Waals surface area contributed by atoms with Crippen molar-refractivity contribution < 1.29 is 20.1 Å². The van der Waals surface area contributed by atoms with Gasteiger partial charge < -0.3 is 29.9 Å². The number of aromatic nitrogens is 6. The van der Waals surface area contributed by atoms with Crippen LogP contribution in [0.5, 0.6) is 0 Å². The zero-order chi connectivity index (χ0) is 32.9. The van der Waals surface area contributed by atoms with Crippen molar-refractivity contribution >= 4 is 33.1 Å². The van der Waals surface area contributed by atoms with E-state index in [-0.39, 0.29) is 20.1 Å². The van der Waals surface area contributed by atoms with Gasteiger partial charge in [-0.2, -0.15) is 0 Å². The SMILES string of the molecule is Cc1c(-c2ccccc2)ccc2n[c-][nH]c12.Cc1c(-c2ccccc2)ccc2n[c-][nH]c12.Cc1c(-c2ccccc2)ccc2n[c-][nH]c12.[Ir+3]. The van der Waals surface area contributed by atoms with Gasteiger partial charge in [-0.15, -0.1) is 18.2 Å². The first-order valence-corrected chi connectivity index (χ1v) is 15.8. The Balaban J connectivity index is 0.000000126. The van der Waals surface area contributed by atoms with Crippen molar-refractivity contribution in [1.82, 2.24) is 29.9 Å².